The largest absolute Gasteiger partial charge is 0.496 e. The molecule has 6 heteroatoms. The number of hydrogen-bond donors (Lipinski definition) is 1. The highest BCUT2D eigenvalue weighted by atomic mass is 16.5. The van der Waals surface area contributed by atoms with E-state index >= 15 is 0 Å². The molecule has 2 rings (SSSR count). The van der Waals surface area contributed by atoms with E-state index in [-0.39, 0.29) is 5.91 Å². The number of methoxy groups -OCH3 is 1. The summed E-state index contributed by atoms with van der Waals surface area (Å²) in [5, 5.41) is 9.02. The molecule has 1 heterocycles. The number of amides is 1. The van der Waals surface area contributed by atoms with Crippen molar-refractivity contribution in [3.8, 4) is 5.75 Å². The van der Waals surface area contributed by atoms with Crippen LogP contribution in [0.1, 0.15) is 17.3 Å². The fourth-order valence-corrected chi connectivity index (χ4v) is 2.46. The van der Waals surface area contributed by atoms with Crippen molar-refractivity contribution in [1.82, 2.24) is 9.80 Å². The van der Waals surface area contributed by atoms with Gasteiger partial charge in [0.15, 0.2) is 0 Å². The van der Waals surface area contributed by atoms with Gasteiger partial charge in [-0.25, -0.2) is 0 Å². The second-order valence-electron chi connectivity index (χ2n) is 5.04. The van der Waals surface area contributed by atoms with Gasteiger partial charge in [0.1, 0.15) is 11.8 Å². The van der Waals surface area contributed by atoms with Gasteiger partial charge in [0, 0.05) is 26.2 Å². The predicted octanol–water partition coefficient (Wildman–Crippen LogP) is 0.926. The molecule has 0 bridgehead atoms. The number of carboxylic acid groups (broad SMARTS) is 1. The number of benzene rings is 1. The number of ether oxygens (including phenoxy) is 1. The zero-order valence-corrected chi connectivity index (χ0v) is 12.3. The van der Waals surface area contributed by atoms with Gasteiger partial charge in [-0.15, -0.1) is 0 Å². The summed E-state index contributed by atoms with van der Waals surface area (Å²) in [7, 11) is 1.54. The fourth-order valence-electron chi connectivity index (χ4n) is 2.46. The van der Waals surface area contributed by atoms with Crippen molar-refractivity contribution >= 4 is 11.9 Å². The molecule has 1 N–H and O–H groups in total. The molecule has 0 radical (unpaired) electrons. The Hall–Kier alpha value is -2.08. The summed E-state index contributed by atoms with van der Waals surface area (Å²) >= 11 is 0. The van der Waals surface area contributed by atoms with E-state index in [4.69, 9.17) is 9.84 Å². The van der Waals surface area contributed by atoms with Crippen LogP contribution in [0, 0.1) is 0 Å². The van der Waals surface area contributed by atoms with Gasteiger partial charge in [0.2, 0.25) is 0 Å². The number of para-hydroxylation sites is 1. The van der Waals surface area contributed by atoms with Crippen LogP contribution in [0.5, 0.6) is 5.75 Å². The molecule has 6 nitrogen and oxygen atoms in total. The molecule has 0 aromatic heterocycles. The van der Waals surface area contributed by atoms with E-state index in [2.05, 4.69) is 0 Å². The highest BCUT2D eigenvalue weighted by molar-refractivity contribution is 5.97. The first-order valence-electron chi connectivity index (χ1n) is 6.93. The van der Waals surface area contributed by atoms with E-state index in [1.54, 1.807) is 37.1 Å². The average molecular weight is 292 g/mol. The Balaban J connectivity index is 2.02. The maximum Gasteiger partial charge on any atom is 0.320 e. The van der Waals surface area contributed by atoms with Crippen LogP contribution in [0.25, 0.3) is 0 Å². The van der Waals surface area contributed by atoms with Crippen molar-refractivity contribution in [3.63, 3.8) is 0 Å². The van der Waals surface area contributed by atoms with E-state index in [1.165, 1.54) is 0 Å². The van der Waals surface area contributed by atoms with Gasteiger partial charge in [-0.1, -0.05) is 12.1 Å². The van der Waals surface area contributed by atoms with Gasteiger partial charge >= 0.3 is 5.97 Å². The number of hydrogen-bond acceptors (Lipinski definition) is 4. The highest BCUT2D eigenvalue weighted by Gasteiger charge is 2.28. The van der Waals surface area contributed by atoms with Gasteiger partial charge in [-0.05, 0) is 19.1 Å². The fraction of sp³-hybridized carbons (Fsp3) is 0.467. The van der Waals surface area contributed by atoms with Crippen molar-refractivity contribution in [2.75, 3.05) is 33.3 Å². The minimum atomic E-state index is -0.834. The van der Waals surface area contributed by atoms with E-state index < -0.39 is 12.0 Å². The quantitative estimate of drug-likeness (QED) is 0.894. The van der Waals surface area contributed by atoms with Gasteiger partial charge in [0.25, 0.3) is 5.91 Å². The molecule has 0 unspecified atom stereocenters. The Kier molecular flexibility index (Phi) is 4.80. The molecule has 1 atom stereocenters. The Morgan fingerprint density at radius 3 is 2.38 bits per heavy atom. The SMILES string of the molecule is COc1ccccc1C(=O)N1CCN([C@@H](C)C(=O)O)CC1. The number of carbonyl (C=O) groups is 2. The molecule has 114 valence electrons. The van der Waals surface area contributed by atoms with Crippen LogP contribution >= 0.6 is 0 Å². The van der Waals surface area contributed by atoms with Crippen molar-refractivity contribution in [2.45, 2.75) is 13.0 Å². The van der Waals surface area contributed by atoms with Crippen molar-refractivity contribution in [3.05, 3.63) is 29.8 Å². The Morgan fingerprint density at radius 1 is 1.19 bits per heavy atom. The maximum absolute atomic E-state index is 12.5. The normalized spacial score (nSPS) is 17.3. The Bertz CT molecular complexity index is 524. The zero-order chi connectivity index (χ0) is 15.4. The van der Waals surface area contributed by atoms with Crippen LogP contribution in [-0.2, 0) is 4.79 Å². The first-order valence-corrected chi connectivity index (χ1v) is 6.93. The third kappa shape index (κ3) is 3.33. The lowest BCUT2D eigenvalue weighted by molar-refractivity contribution is -0.143. The standard InChI is InChI=1S/C15H20N2O4/c1-11(15(19)20)16-7-9-17(10-8-16)14(18)12-5-3-4-6-13(12)21-2/h3-6,11H,7-10H2,1-2H3,(H,19,20)/t11-/m0/s1. The summed E-state index contributed by atoms with van der Waals surface area (Å²) in [5.74, 6) is -0.349. The van der Waals surface area contributed by atoms with Gasteiger partial charge in [-0.3, -0.25) is 14.5 Å². The summed E-state index contributed by atoms with van der Waals surface area (Å²) in [6, 6.07) is 6.61. The molecule has 1 fully saturated rings. The average Bonchev–Trinajstić information content (AvgIpc) is 2.53. The maximum atomic E-state index is 12.5. The molecule has 0 spiro atoms. The van der Waals surface area contributed by atoms with Crippen molar-refractivity contribution in [2.24, 2.45) is 0 Å². The topological polar surface area (TPSA) is 70.1 Å². The molecule has 0 saturated carbocycles. The smallest absolute Gasteiger partial charge is 0.320 e. The second kappa shape index (κ2) is 6.58. The summed E-state index contributed by atoms with van der Waals surface area (Å²) in [6.45, 7) is 3.84. The van der Waals surface area contributed by atoms with Crippen LogP contribution in [0.3, 0.4) is 0 Å². The number of nitrogens with zero attached hydrogens (tertiary/aromatic N) is 2. The van der Waals surface area contributed by atoms with Crippen molar-refractivity contribution in [1.29, 1.82) is 0 Å². The molecule has 1 amide bonds. The lowest BCUT2D eigenvalue weighted by atomic mass is 10.1. The molecule has 1 saturated heterocycles. The van der Waals surface area contributed by atoms with Crippen LogP contribution in [0.4, 0.5) is 0 Å². The lowest BCUT2D eigenvalue weighted by Crippen LogP contribution is -2.53. The molecule has 1 aromatic rings. The lowest BCUT2D eigenvalue weighted by Gasteiger charge is -2.36. The van der Waals surface area contributed by atoms with E-state index in [0.29, 0.717) is 37.5 Å². The summed E-state index contributed by atoms with van der Waals surface area (Å²) in [5.41, 5.74) is 0.541. The highest BCUT2D eigenvalue weighted by Crippen LogP contribution is 2.20. The van der Waals surface area contributed by atoms with Gasteiger partial charge in [-0.2, -0.15) is 0 Å². The number of aliphatic carboxylic acids is 1. The molecular formula is C15H20N2O4. The first-order chi connectivity index (χ1) is 10.0. The van der Waals surface area contributed by atoms with E-state index in [0.717, 1.165) is 0 Å². The predicted molar refractivity (Wildman–Crippen MR) is 77.6 cm³/mol. The van der Waals surface area contributed by atoms with Crippen LogP contribution in [0.15, 0.2) is 24.3 Å². The van der Waals surface area contributed by atoms with Crippen molar-refractivity contribution < 1.29 is 19.4 Å². The second-order valence-corrected chi connectivity index (χ2v) is 5.04. The summed E-state index contributed by atoms with van der Waals surface area (Å²) in [4.78, 5) is 27.1. The Labute approximate surface area is 123 Å². The summed E-state index contributed by atoms with van der Waals surface area (Å²) in [6.07, 6.45) is 0. The monoisotopic (exact) mass is 292 g/mol. The summed E-state index contributed by atoms with van der Waals surface area (Å²) < 4.78 is 5.21. The minimum absolute atomic E-state index is 0.0740. The van der Waals surface area contributed by atoms with E-state index in [9.17, 15) is 9.59 Å². The molecule has 21 heavy (non-hydrogen) atoms. The van der Waals surface area contributed by atoms with Crippen LogP contribution in [-0.4, -0.2) is 66.1 Å². The third-order valence-electron chi connectivity index (χ3n) is 3.84. The van der Waals surface area contributed by atoms with Gasteiger partial charge < -0.3 is 14.7 Å². The van der Waals surface area contributed by atoms with E-state index in [1.807, 2.05) is 11.0 Å². The number of carbonyl (C=O) groups excluding carboxylic acids is 1. The van der Waals surface area contributed by atoms with Gasteiger partial charge in [0.05, 0.1) is 12.7 Å². The first kappa shape index (κ1) is 15.3. The number of carboxylic acids is 1. The number of piperazine rings is 1. The minimum Gasteiger partial charge on any atom is -0.496 e. The zero-order valence-electron chi connectivity index (χ0n) is 12.3. The molecule has 1 aromatic carbocycles. The molecule has 1 aliphatic rings. The Morgan fingerprint density at radius 2 is 1.81 bits per heavy atom. The molecular weight excluding hydrogens is 272 g/mol. The molecule has 1 aliphatic heterocycles. The van der Waals surface area contributed by atoms with Crippen LogP contribution in [0.2, 0.25) is 0 Å². The van der Waals surface area contributed by atoms with Crippen LogP contribution < -0.4 is 4.74 Å². The third-order valence-corrected chi connectivity index (χ3v) is 3.84. The molecule has 0 aliphatic carbocycles. The number of rotatable bonds is 4.